The molecule has 180 valence electrons. The van der Waals surface area contributed by atoms with E-state index in [4.69, 9.17) is 13.9 Å². The molecule has 3 rings (SSSR count). The molecule has 0 aliphatic carbocycles. The van der Waals surface area contributed by atoms with Crippen molar-refractivity contribution in [2.45, 2.75) is 46.5 Å². The molecule has 8 nitrogen and oxygen atoms in total. The third-order valence-electron chi connectivity index (χ3n) is 5.54. The summed E-state index contributed by atoms with van der Waals surface area (Å²) in [5.74, 6) is 0.0613. The van der Waals surface area contributed by atoms with Crippen LogP contribution in [0.5, 0.6) is 11.5 Å². The molecule has 8 heteroatoms. The number of hydrazine groups is 1. The number of hydrogen-bond acceptors (Lipinski definition) is 6. The van der Waals surface area contributed by atoms with Gasteiger partial charge in [0, 0.05) is 22.9 Å². The van der Waals surface area contributed by atoms with Crippen LogP contribution >= 0.6 is 0 Å². The molecule has 1 aromatic heterocycles. The van der Waals surface area contributed by atoms with Gasteiger partial charge in [-0.2, -0.15) is 0 Å². The number of fused-ring (bicyclic) bond motifs is 1. The number of rotatable bonds is 9. The Morgan fingerprint density at radius 3 is 2.56 bits per heavy atom. The molecule has 0 spiro atoms. The van der Waals surface area contributed by atoms with E-state index in [1.165, 1.54) is 7.11 Å². The number of nitrogens with one attached hydrogen (secondary N) is 2. The normalized spacial score (nSPS) is 10.7. The van der Waals surface area contributed by atoms with Gasteiger partial charge in [0.25, 0.3) is 5.91 Å². The third kappa shape index (κ3) is 5.95. The maximum absolute atomic E-state index is 12.5. The Balaban J connectivity index is 1.58. The van der Waals surface area contributed by atoms with Crippen molar-refractivity contribution < 1.29 is 23.5 Å². The second-order valence-electron chi connectivity index (χ2n) is 8.06. The Bertz CT molecular complexity index is 1250. The highest BCUT2D eigenvalue weighted by Gasteiger charge is 2.15. The van der Waals surface area contributed by atoms with Crippen molar-refractivity contribution in [2.75, 3.05) is 13.7 Å². The van der Waals surface area contributed by atoms with Crippen LogP contribution in [0.15, 0.2) is 45.6 Å². The fraction of sp³-hybridized carbons (Fsp3) is 0.346. The van der Waals surface area contributed by atoms with E-state index in [2.05, 4.69) is 17.8 Å². The van der Waals surface area contributed by atoms with E-state index in [1.54, 1.807) is 18.2 Å². The zero-order valence-corrected chi connectivity index (χ0v) is 19.9. The van der Waals surface area contributed by atoms with Crippen molar-refractivity contribution in [3.8, 4) is 11.5 Å². The SMILES string of the molecule is CCCCOc1ccc(C(=O)NNC(=O)CCc2c(C)c3ccc(C)cc3oc2=O)cc1OC. The molecule has 0 radical (unpaired) electrons. The van der Waals surface area contributed by atoms with Gasteiger partial charge in [0.2, 0.25) is 5.91 Å². The van der Waals surface area contributed by atoms with Crippen LogP contribution in [-0.4, -0.2) is 25.5 Å². The maximum atomic E-state index is 12.5. The zero-order chi connectivity index (χ0) is 24.7. The molecule has 1 heterocycles. The van der Waals surface area contributed by atoms with Gasteiger partial charge in [-0.05, 0) is 62.1 Å². The highest BCUT2D eigenvalue weighted by molar-refractivity contribution is 5.96. The van der Waals surface area contributed by atoms with Crippen molar-refractivity contribution in [3.05, 3.63) is 69.1 Å². The number of amides is 2. The lowest BCUT2D eigenvalue weighted by Gasteiger charge is -2.12. The summed E-state index contributed by atoms with van der Waals surface area (Å²) in [5, 5.41) is 0.838. The van der Waals surface area contributed by atoms with Gasteiger partial charge in [0.15, 0.2) is 11.5 Å². The van der Waals surface area contributed by atoms with Gasteiger partial charge < -0.3 is 13.9 Å². The number of aryl methyl sites for hydroxylation is 2. The van der Waals surface area contributed by atoms with Gasteiger partial charge >= 0.3 is 5.63 Å². The number of ether oxygens (including phenoxy) is 2. The van der Waals surface area contributed by atoms with Crippen molar-refractivity contribution in [2.24, 2.45) is 0 Å². The van der Waals surface area contributed by atoms with Crippen LogP contribution < -0.4 is 26.0 Å². The van der Waals surface area contributed by atoms with Gasteiger partial charge in [-0.25, -0.2) is 4.79 Å². The van der Waals surface area contributed by atoms with E-state index in [9.17, 15) is 14.4 Å². The predicted molar refractivity (Wildman–Crippen MR) is 129 cm³/mol. The fourth-order valence-electron chi connectivity index (χ4n) is 3.54. The molecule has 0 saturated heterocycles. The first-order chi connectivity index (χ1) is 16.3. The van der Waals surface area contributed by atoms with Crippen molar-refractivity contribution in [1.29, 1.82) is 0 Å². The molecular formula is C26H30N2O6. The molecule has 34 heavy (non-hydrogen) atoms. The summed E-state index contributed by atoms with van der Waals surface area (Å²) in [6.45, 7) is 6.39. The molecule has 0 atom stereocenters. The Labute approximate surface area is 198 Å². The summed E-state index contributed by atoms with van der Waals surface area (Å²) in [4.78, 5) is 37.2. The average Bonchev–Trinajstić information content (AvgIpc) is 2.82. The molecule has 0 unspecified atom stereocenters. The largest absolute Gasteiger partial charge is 0.493 e. The second kappa shape index (κ2) is 11.4. The minimum atomic E-state index is -0.497. The van der Waals surface area contributed by atoms with E-state index in [1.807, 2.05) is 32.0 Å². The topological polar surface area (TPSA) is 107 Å². The minimum Gasteiger partial charge on any atom is -0.493 e. The molecule has 0 bridgehead atoms. The van der Waals surface area contributed by atoms with Crippen molar-refractivity contribution in [1.82, 2.24) is 10.9 Å². The molecule has 2 aromatic carbocycles. The van der Waals surface area contributed by atoms with Crippen LogP contribution in [0.3, 0.4) is 0 Å². The molecule has 0 fully saturated rings. The highest BCUT2D eigenvalue weighted by atomic mass is 16.5. The summed E-state index contributed by atoms with van der Waals surface area (Å²) in [6, 6.07) is 10.5. The van der Waals surface area contributed by atoms with Gasteiger partial charge in [-0.1, -0.05) is 25.5 Å². The Morgan fingerprint density at radius 1 is 1.03 bits per heavy atom. The molecule has 2 amide bonds. The monoisotopic (exact) mass is 466 g/mol. The number of benzene rings is 2. The quantitative estimate of drug-likeness (QED) is 0.281. The van der Waals surface area contributed by atoms with Crippen molar-refractivity contribution >= 4 is 22.8 Å². The molecule has 0 saturated carbocycles. The standard InChI is InChI=1S/C26H30N2O6/c1-5-6-13-33-21-11-8-18(15-23(21)32-4)25(30)28-27-24(29)12-10-20-17(3)19-9-7-16(2)14-22(19)34-26(20)31/h7-9,11,14-15H,5-6,10,12-13H2,1-4H3,(H,27,29)(H,28,30). The minimum absolute atomic E-state index is 0.0107. The third-order valence-corrected chi connectivity index (χ3v) is 5.54. The lowest BCUT2D eigenvalue weighted by molar-refractivity contribution is -0.121. The van der Waals surface area contributed by atoms with Crippen LogP contribution in [-0.2, 0) is 11.2 Å². The van der Waals surface area contributed by atoms with E-state index < -0.39 is 17.4 Å². The maximum Gasteiger partial charge on any atom is 0.339 e. The Kier molecular flexibility index (Phi) is 8.29. The summed E-state index contributed by atoms with van der Waals surface area (Å²) in [7, 11) is 1.50. The van der Waals surface area contributed by atoms with E-state index in [-0.39, 0.29) is 12.8 Å². The van der Waals surface area contributed by atoms with E-state index in [0.717, 1.165) is 29.4 Å². The van der Waals surface area contributed by atoms with E-state index >= 15 is 0 Å². The average molecular weight is 467 g/mol. The van der Waals surface area contributed by atoms with E-state index in [0.29, 0.717) is 34.8 Å². The summed E-state index contributed by atoms with van der Waals surface area (Å²) in [6.07, 6.45) is 2.12. The zero-order valence-electron chi connectivity index (χ0n) is 19.9. The highest BCUT2D eigenvalue weighted by Crippen LogP contribution is 2.28. The summed E-state index contributed by atoms with van der Waals surface area (Å²) >= 11 is 0. The number of carbonyl (C=O) groups is 2. The number of hydrogen-bond donors (Lipinski definition) is 2. The first-order valence-corrected chi connectivity index (χ1v) is 11.3. The summed E-state index contributed by atoms with van der Waals surface area (Å²) < 4.78 is 16.4. The van der Waals surface area contributed by atoms with Crippen LogP contribution in [0.4, 0.5) is 0 Å². The van der Waals surface area contributed by atoms with Crippen LogP contribution in [0, 0.1) is 13.8 Å². The van der Waals surface area contributed by atoms with Crippen LogP contribution in [0.2, 0.25) is 0 Å². The summed E-state index contributed by atoms with van der Waals surface area (Å²) in [5.41, 5.74) is 7.38. The Hall–Kier alpha value is -3.81. The van der Waals surface area contributed by atoms with Crippen molar-refractivity contribution in [3.63, 3.8) is 0 Å². The number of carbonyl (C=O) groups excluding carboxylic acids is 2. The van der Waals surface area contributed by atoms with Gasteiger partial charge in [-0.3, -0.25) is 20.4 Å². The number of methoxy groups -OCH3 is 1. The smallest absolute Gasteiger partial charge is 0.339 e. The second-order valence-corrected chi connectivity index (χ2v) is 8.06. The molecule has 2 N–H and O–H groups in total. The molecule has 0 aliphatic heterocycles. The molecular weight excluding hydrogens is 436 g/mol. The van der Waals surface area contributed by atoms with Gasteiger partial charge in [-0.15, -0.1) is 0 Å². The Morgan fingerprint density at radius 2 is 1.82 bits per heavy atom. The van der Waals surface area contributed by atoms with Crippen LogP contribution in [0.1, 0.15) is 53.2 Å². The number of unbranched alkanes of at least 4 members (excludes halogenated alkanes) is 1. The van der Waals surface area contributed by atoms with Crippen LogP contribution in [0.25, 0.3) is 11.0 Å². The predicted octanol–water partition coefficient (Wildman–Crippen LogP) is 3.99. The molecule has 3 aromatic rings. The first-order valence-electron chi connectivity index (χ1n) is 11.3. The first kappa shape index (κ1) is 24.8. The van der Waals surface area contributed by atoms with Gasteiger partial charge in [0.05, 0.1) is 13.7 Å². The molecule has 0 aliphatic rings. The lowest BCUT2D eigenvalue weighted by atomic mass is 10.0. The lowest BCUT2D eigenvalue weighted by Crippen LogP contribution is -2.41. The van der Waals surface area contributed by atoms with Gasteiger partial charge in [0.1, 0.15) is 5.58 Å². The fourth-order valence-corrected chi connectivity index (χ4v) is 3.54.